The molecule has 1 aromatic rings. The van der Waals surface area contributed by atoms with E-state index in [9.17, 15) is 4.79 Å². The summed E-state index contributed by atoms with van der Waals surface area (Å²) in [5.74, 6) is -0.321. The normalized spacial score (nSPS) is 15.0. The lowest BCUT2D eigenvalue weighted by molar-refractivity contribution is -0.146. The Balaban J connectivity index is 3.05. The van der Waals surface area contributed by atoms with Crippen molar-refractivity contribution in [2.24, 2.45) is 0 Å². The molecule has 0 aliphatic heterocycles. The highest BCUT2D eigenvalue weighted by Crippen LogP contribution is 2.32. The van der Waals surface area contributed by atoms with Gasteiger partial charge in [0.15, 0.2) is 0 Å². The summed E-state index contributed by atoms with van der Waals surface area (Å²) in [7, 11) is -1.63. The Labute approximate surface area is 119 Å². The van der Waals surface area contributed by atoms with Crippen LogP contribution >= 0.6 is 23.2 Å². The molecule has 18 heavy (non-hydrogen) atoms. The van der Waals surface area contributed by atoms with Crippen molar-refractivity contribution in [3.05, 3.63) is 34.9 Å². The highest BCUT2D eigenvalue weighted by atomic mass is 35.5. The van der Waals surface area contributed by atoms with Gasteiger partial charge in [0, 0.05) is 11.9 Å². The summed E-state index contributed by atoms with van der Waals surface area (Å²) in [4.78, 5) is 11.2. The molecule has 2 nitrogen and oxygen atoms in total. The second-order valence-electron chi connectivity index (χ2n) is 5.35. The molecule has 0 fully saturated rings. The first-order valence-corrected chi connectivity index (χ1v) is 10.2. The monoisotopic (exact) mass is 304 g/mol. The summed E-state index contributed by atoms with van der Waals surface area (Å²) in [6.45, 7) is 7.85. The minimum absolute atomic E-state index is 0.178. The number of rotatable bonds is 4. The Kier molecular flexibility index (Phi) is 5.26. The van der Waals surface area contributed by atoms with E-state index in [2.05, 4.69) is 19.6 Å². The molecule has 0 heterocycles. The Hall–Kier alpha value is -0.513. The van der Waals surface area contributed by atoms with Gasteiger partial charge in [-0.25, -0.2) is 0 Å². The number of alkyl halides is 1. The largest absolute Gasteiger partial charge is 0.456 e. The van der Waals surface area contributed by atoms with Gasteiger partial charge in [-0.15, -0.1) is 11.6 Å². The van der Waals surface area contributed by atoms with Crippen molar-refractivity contribution in [1.82, 2.24) is 0 Å². The van der Waals surface area contributed by atoms with Crippen LogP contribution in [-0.4, -0.2) is 19.0 Å². The number of hydrogen-bond acceptors (Lipinski definition) is 2. The van der Waals surface area contributed by atoms with E-state index in [-0.39, 0.29) is 11.0 Å². The highest BCUT2D eigenvalue weighted by Gasteiger charge is 2.35. The summed E-state index contributed by atoms with van der Waals surface area (Å²) in [6, 6.07) is 7.26. The smallest absolute Gasteiger partial charge is 0.303 e. The van der Waals surface area contributed by atoms with Gasteiger partial charge in [-0.2, -0.15) is 0 Å². The molecule has 0 N–H and O–H groups in total. The fourth-order valence-electron chi connectivity index (χ4n) is 1.58. The molecule has 100 valence electrons. The van der Waals surface area contributed by atoms with E-state index >= 15 is 0 Å². The predicted molar refractivity (Wildman–Crippen MR) is 78.9 cm³/mol. The molecule has 0 aromatic heterocycles. The topological polar surface area (TPSA) is 26.3 Å². The van der Waals surface area contributed by atoms with Crippen LogP contribution in [0, 0.1) is 0 Å². The van der Waals surface area contributed by atoms with E-state index < -0.39 is 14.2 Å². The minimum Gasteiger partial charge on any atom is -0.456 e. The number of hydrogen-bond donors (Lipinski definition) is 0. The molecule has 0 aliphatic carbocycles. The molecule has 2 unspecified atom stereocenters. The molecular weight excluding hydrogens is 287 g/mol. The fourth-order valence-corrected chi connectivity index (χ4v) is 3.07. The van der Waals surface area contributed by atoms with Gasteiger partial charge >= 0.3 is 5.97 Å². The third-order valence-electron chi connectivity index (χ3n) is 2.58. The maximum Gasteiger partial charge on any atom is 0.303 e. The van der Waals surface area contributed by atoms with Crippen LogP contribution in [0.4, 0.5) is 0 Å². The molecule has 2 atom stereocenters. The molecule has 0 radical (unpaired) electrons. The first-order valence-electron chi connectivity index (χ1n) is 5.78. The van der Waals surface area contributed by atoms with Gasteiger partial charge in [0.25, 0.3) is 0 Å². The average molecular weight is 305 g/mol. The standard InChI is InChI=1S/C13H18Cl2O2Si/c1-9(16)17-12(13(15)18(2,3)4)10-5-7-11(14)8-6-10/h5-8,12-13H,1-4H3. The molecule has 0 aliphatic rings. The summed E-state index contributed by atoms with van der Waals surface area (Å²) in [5.41, 5.74) is 0.886. The first-order chi connectivity index (χ1) is 8.21. The molecule has 5 heteroatoms. The molecule has 0 saturated carbocycles. The molecule has 1 rings (SSSR count). The molecule has 0 bridgehead atoms. The fraction of sp³-hybridized carbons (Fsp3) is 0.462. The Morgan fingerprint density at radius 1 is 1.22 bits per heavy atom. The maximum absolute atomic E-state index is 11.2. The predicted octanol–water partition coefficient (Wildman–Crippen LogP) is 4.43. The summed E-state index contributed by atoms with van der Waals surface area (Å²) in [6.07, 6.45) is -0.409. The van der Waals surface area contributed by atoms with E-state index in [1.54, 1.807) is 12.1 Å². The minimum atomic E-state index is -1.63. The molecule has 1 aromatic carbocycles. The number of halogens is 2. The number of ether oxygens (including phenoxy) is 1. The molecule has 0 amide bonds. The third kappa shape index (κ3) is 4.30. The Morgan fingerprint density at radius 2 is 1.72 bits per heavy atom. The van der Waals surface area contributed by atoms with Crippen molar-refractivity contribution in [3.8, 4) is 0 Å². The maximum atomic E-state index is 11.2. The Bertz CT molecular complexity index is 412. The van der Waals surface area contributed by atoms with Gasteiger partial charge in [-0.1, -0.05) is 43.4 Å². The van der Waals surface area contributed by atoms with Gasteiger partial charge in [0.1, 0.15) is 6.10 Å². The van der Waals surface area contributed by atoms with Crippen molar-refractivity contribution >= 4 is 37.2 Å². The van der Waals surface area contributed by atoms with Crippen LogP contribution < -0.4 is 0 Å². The lowest BCUT2D eigenvalue weighted by Gasteiger charge is -2.30. The lowest BCUT2D eigenvalue weighted by atomic mass is 10.1. The van der Waals surface area contributed by atoms with Crippen LogP contribution in [-0.2, 0) is 9.53 Å². The summed E-state index contributed by atoms with van der Waals surface area (Å²) in [5, 5.41) is 0.474. The average Bonchev–Trinajstić information content (AvgIpc) is 2.25. The second-order valence-corrected chi connectivity index (χ2v) is 12.0. The van der Waals surface area contributed by atoms with Crippen LogP contribution in [0.25, 0.3) is 0 Å². The van der Waals surface area contributed by atoms with Crippen molar-refractivity contribution in [3.63, 3.8) is 0 Å². The third-order valence-corrected chi connectivity index (χ3v) is 6.99. The number of carbonyl (C=O) groups is 1. The van der Waals surface area contributed by atoms with E-state index in [0.717, 1.165) is 5.56 Å². The molecule has 0 saturated heterocycles. The number of carbonyl (C=O) groups excluding carboxylic acids is 1. The van der Waals surface area contributed by atoms with Crippen LogP contribution in [0.5, 0.6) is 0 Å². The summed E-state index contributed by atoms with van der Waals surface area (Å²) >= 11 is 12.4. The zero-order valence-corrected chi connectivity index (χ0v) is 13.5. The van der Waals surface area contributed by atoms with Gasteiger partial charge < -0.3 is 4.74 Å². The van der Waals surface area contributed by atoms with Crippen LogP contribution in [0.15, 0.2) is 24.3 Å². The van der Waals surface area contributed by atoms with E-state index in [0.29, 0.717) is 5.02 Å². The van der Waals surface area contributed by atoms with Gasteiger partial charge in [0.05, 0.1) is 13.1 Å². The van der Waals surface area contributed by atoms with Gasteiger partial charge in [-0.05, 0) is 17.7 Å². The zero-order valence-electron chi connectivity index (χ0n) is 11.0. The Morgan fingerprint density at radius 3 is 2.11 bits per heavy atom. The van der Waals surface area contributed by atoms with E-state index in [1.165, 1.54) is 6.92 Å². The SMILES string of the molecule is CC(=O)OC(c1ccc(Cl)cc1)C(Cl)[Si](C)(C)C. The number of benzene rings is 1. The van der Waals surface area contributed by atoms with Crippen LogP contribution in [0.2, 0.25) is 24.7 Å². The van der Waals surface area contributed by atoms with Gasteiger partial charge in [0.2, 0.25) is 0 Å². The van der Waals surface area contributed by atoms with Crippen LogP contribution in [0.3, 0.4) is 0 Å². The highest BCUT2D eigenvalue weighted by molar-refractivity contribution is 6.84. The first kappa shape index (κ1) is 15.5. The van der Waals surface area contributed by atoms with Crippen molar-refractivity contribution < 1.29 is 9.53 Å². The van der Waals surface area contributed by atoms with Crippen molar-refractivity contribution in [1.29, 1.82) is 0 Å². The number of esters is 1. The van der Waals surface area contributed by atoms with Gasteiger partial charge in [-0.3, -0.25) is 4.79 Å². The van der Waals surface area contributed by atoms with Crippen molar-refractivity contribution in [2.75, 3.05) is 0 Å². The second kappa shape index (κ2) is 6.09. The zero-order chi connectivity index (χ0) is 13.9. The summed E-state index contributed by atoms with van der Waals surface area (Å²) < 4.78 is 5.39. The van der Waals surface area contributed by atoms with E-state index in [4.69, 9.17) is 27.9 Å². The molecular formula is C13H18Cl2O2Si. The quantitative estimate of drug-likeness (QED) is 0.467. The molecule has 0 spiro atoms. The van der Waals surface area contributed by atoms with Crippen molar-refractivity contribution in [2.45, 2.75) is 37.7 Å². The van der Waals surface area contributed by atoms with E-state index in [1.807, 2.05) is 12.1 Å². The van der Waals surface area contributed by atoms with Crippen LogP contribution in [0.1, 0.15) is 18.6 Å². The lowest BCUT2D eigenvalue weighted by Crippen LogP contribution is -2.40.